The van der Waals surface area contributed by atoms with Crippen LogP contribution in [0.5, 0.6) is 0 Å². The lowest BCUT2D eigenvalue weighted by Crippen LogP contribution is -2.50. The summed E-state index contributed by atoms with van der Waals surface area (Å²) < 4.78 is 41.8. The van der Waals surface area contributed by atoms with Crippen molar-refractivity contribution in [2.24, 2.45) is 0 Å². The minimum absolute atomic E-state index is 0.0897. The molecule has 0 bridgehead atoms. The predicted molar refractivity (Wildman–Crippen MR) is 114 cm³/mol. The minimum Gasteiger partial charge on any atom is -0.336 e. The van der Waals surface area contributed by atoms with E-state index >= 15 is 0 Å². The van der Waals surface area contributed by atoms with Crippen molar-refractivity contribution >= 4 is 27.5 Å². The van der Waals surface area contributed by atoms with E-state index in [0.717, 1.165) is 11.6 Å². The number of aromatic nitrogens is 2. The van der Waals surface area contributed by atoms with Gasteiger partial charge in [-0.25, -0.2) is 12.8 Å². The number of carbonyl (C=O) groups is 1. The summed E-state index contributed by atoms with van der Waals surface area (Å²) >= 11 is 6.18. The van der Waals surface area contributed by atoms with Crippen LogP contribution in [0.25, 0.3) is 0 Å². The minimum atomic E-state index is -3.81. The number of hydrogen-bond donors (Lipinski definition) is 0. The average Bonchev–Trinajstić information content (AvgIpc) is 3.23. The van der Waals surface area contributed by atoms with Gasteiger partial charge in [0, 0.05) is 37.4 Å². The molecule has 0 radical (unpaired) electrons. The summed E-state index contributed by atoms with van der Waals surface area (Å²) in [7, 11) is -3.81. The van der Waals surface area contributed by atoms with Crippen LogP contribution in [0.15, 0.2) is 65.8 Å². The molecule has 162 valence electrons. The molecule has 2 aromatic carbocycles. The molecule has 7 nitrogen and oxygen atoms in total. The van der Waals surface area contributed by atoms with E-state index in [1.54, 1.807) is 21.8 Å². The summed E-state index contributed by atoms with van der Waals surface area (Å²) in [6, 6.07) is 12.3. The zero-order valence-electron chi connectivity index (χ0n) is 16.5. The van der Waals surface area contributed by atoms with Crippen LogP contribution in [0.1, 0.15) is 15.9 Å². The van der Waals surface area contributed by atoms with Gasteiger partial charge in [0.15, 0.2) is 0 Å². The summed E-state index contributed by atoms with van der Waals surface area (Å²) in [6.45, 7) is 1.19. The number of amides is 1. The SMILES string of the molecule is O=C(c1cnn(Cc2ccccc2Cl)c1)N1CCN(S(=O)(=O)c2cccc(F)c2)CC1. The molecule has 31 heavy (non-hydrogen) atoms. The van der Waals surface area contributed by atoms with E-state index in [0.29, 0.717) is 17.1 Å². The van der Waals surface area contributed by atoms with Crippen molar-refractivity contribution in [2.75, 3.05) is 26.2 Å². The lowest BCUT2D eigenvalue weighted by Gasteiger charge is -2.33. The highest BCUT2D eigenvalue weighted by atomic mass is 35.5. The second kappa shape index (κ2) is 8.78. The highest BCUT2D eigenvalue weighted by molar-refractivity contribution is 7.89. The fourth-order valence-corrected chi connectivity index (χ4v) is 5.10. The number of rotatable bonds is 5. The standard InChI is InChI=1S/C21H20ClFN4O3S/c22-20-7-2-1-4-16(20)14-26-15-17(13-24-26)21(28)25-8-10-27(11-9-25)31(29,30)19-6-3-5-18(23)12-19/h1-7,12-13,15H,8-11,14H2. The summed E-state index contributed by atoms with van der Waals surface area (Å²) in [4.78, 5) is 14.3. The summed E-state index contributed by atoms with van der Waals surface area (Å²) in [5, 5.41) is 4.87. The van der Waals surface area contributed by atoms with Crippen LogP contribution in [-0.2, 0) is 16.6 Å². The number of hydrogen-bond acceptors (Lipinski definition) is 4. The van der Waals surface area contributed by atoms with Crippen LogP contribution >= 0.6 is 11.6 Å². The molecule has 0 unspecified atom stereocenters. The molecule has 0 atom stereocenters. The predicted octanol–water partition coefficient (Wildman–Crippen LogP) is 2.87. The van der Waals surface area contributed by atoms with Gasteiger partial charge in [-0.2, -0.15) is 9.40 Å². The van der Waals surface area contributed by atoms with E-state index in [1.165, 1.54) is 28.7 Å². The molecule has 10 heteroatoms. The number of halogens is 2. The van der Waals surface area contributed by atoms with Crippen molar-refractivity contribution in [3.05, 3.63) is 82.9 Å². The summed E-state index contributed by atoms with van der Waals surface area (Å²) in [6.07, 6.45) is 3.15. The first kappa shape index (κ1) is 21.5. The largest absolute Gasteiger partial charge is 0.336 e. The Morgan fingerprint density at radius 1 is 1.06 bits per heavy atom. The first-order valence-corrected chi connectivity index (χ1v) is 11.5. The molecule has 1 fully saturated rings. The van der Waals surface area contributed by atoms with Crippen LogP contribution in [0.3, 0.4) is 0 Å². The van der Waals surface area contributed by atoms with Gasteiger partial charge in [0.25, 0.3) is 5.91 Å². The van der Waals surface area contributed by atoms with Gasteiger partial charge in [-0.3, -0.25) is 9.48 Å². The van der Waals surface area contributed by atoms with E-state index in [1.807, 2.05) is 18.2 Å². The molecule has 4 rings (SSSR count). The molecule has 1 saturated heterocycles. The normalized spacial score (nSPS) is 15.2. The fraction of sp³-hybridized carbons (Fsp3) is 0.238. The number of carbonyl (C=O) groups excluding carboxylic acids is 1. The maximum Gasteiger partial charge on any atom is 0.257 e. The Morgan fingerprint density at radius 2 is 1.81 bits per heavy atom. The van der Waals surface area contributed by atoms with Gasteiger partial charge in [0.05, 0.1) is 23.2 Å². The van der Waals surface area contributed by atoms with Gasteiger partial charge >= 0.3 is 0 Å². The first-order valence-electron chi connectivity index (χ1n) is 9.65. The zero-order chi connectivity index (χ0) is 22.0. The van der Waals surface area contributed by atoms with Crippen molar-refractivity contribution in [1.82, 2.24) is 19.0 Å². The Hall–Kier alpha value is -2.75. The Balaban J connectivity index is 1.40. The van der Waals surface area contributed by atoms with Crippen molar-refractivity contribution in [3.8, 4) is 0 Å². The van der Waals surface area contributed by atoms with E-state index in [9.17, 15) is 17.6 Å². The van der Waals surface area contributed by atoms with Gasteiger partial charge in [0.1, 0.15) is 5.82 Å². The molecule has 3 aromatic rings. The van der Waals surface area contributed by atoms with Crippen molar-refractivity contribution < 1.29 is 17.6 Å². The lowest BCUT2D eigenvalue weighted by molar-refractivity contribution is 0.0698. The molecule has 0 aliphatic carbocycles. The number of benzene rings is 2. The molecule has 1 aliphatic heterocycles. The number of nitrogens with zero attached hydrogens (tertiary/aromatic N) is 4. The van der Waals surface area contributed by atoms with Crippen molar-refractivity contribution in [1.29, 1.82) is 0 Å². The molecule has 1 amide bonds. The zero-order valence-corrected chi connectivity index (χ0v) is 18.1. The molecule has 0 saturated carbocycles. The van der Waals surface area contributed by atoms with E-state index in [2.05, 4.69) is 5.10 Å². The monoisotopic (exact) mass is 462 g/mol. The van der Waals surface area contributed by atoms with E-state index in [-0.39, 0.29) is 37.0 Å². The Labute approximate surface area is 184 Å². The highest BCUT2D eigenvalue weighted by Crippen LogP contribution is 2.20. The van der Waals surface area contributed by atoms with Crippen LogP contribution in [0, 0.1) is 5.82 Å². The van der Waals surface area contributed by atoms with Gasteiger partial charge in [-0.1, -0.05) is 35.9 Å². The van der Waals surface area contributed by atoms with Gasteiger partial charge in [-0.15, -0.1) is 0 Å². The Morgan fingerprint density at radius 3 is 2.52 bits per heavy atom. The molecular formula is C21H20ClFN4O3S. The highest BCUT2D eigenvalue weighted by Gasteiger charge is 2.31. The second-order valence-electron chi connectivity index (χ2n) is 7.17. The van der Waals surface area contributed by atoms with E-state index < -0.39 is 15.8 Å². The van der Waals surface area contributed by atoms with Crippen LogP contribution < -0.4 is 0 Å². The van der Waals surface area contributed by atoms with Crippen LogP contribution in [-0.4, -0.2) is 59.5 Å². The Kier molecular flexibility index (Phi) is 6.08. The quantitative estimate of drug-likeness (QED) is 0.584. The number of sulfonamides is 1. The summed E-state index contributed by atoms with van der Waals surface area (Å²) in [5.74, 6) is -0.822. The molecule has 0 N–H and O–H groups in total. The lowest BCUT2D eigenvalue weighted by atomic mass is 10.2. The topological polar surface area (TPSA) is 75.5 Å². The van der Waals surface area contributed by atoms with Crippen LogP contribution in [0.4, 0.5) is 4.39 Å². The maximum atomic E-state index is 13.4. The molecule has 2 heterocycles. The third-order valence-electron chi connectivity index (χ3n) is 5.13. The molecule has 1 aromatic heterocycles. The van der Waals surface area contributed by atoms with Gasteiger partial charge in [0.2, 0.25) is 10.0 Å². The Bertz CT molecular complexity index is 1210. The molecule has 0 spiro atoms. The van der Waals surface area contributed by atoms with Crippen molar-refractivity contribution in [3.63, 3.8) is 0 Å². The second-order valence-corrected chi connectivity index (χ2v) is 9.52. The third kappa shape index (κ3) is 4.63. The molecule has 1 aliphatic rings. The smallest absolute Gasteiger partial charge is 0.257 e. The third-order valence-corrected chi connectivity index (χ3v) is 7.39. The first-order chi connectivity index (χ1) is 14.8. The van der Waals surface area contributed by atoms with Crippen LogP contribution in [0.2, 0.25) is 5.02 Å². The number of piperazine rings is 1. The fourth-order valence-electron chi connectivity index (χ4n) is 3.45. The molecular weight excluding hydrogens is 443 g/mol. The average molecular weight is 463 g/mol. The van der Waals surface area contributed by atoms with Gasteiger partial charge < -0.3 is 4.90 Å². The maximum absolute atomic E-state index is 13.4. The van der Waals surface area contributed by atoms with Crippen molar-refractivity contribution in [2.45, 2.75) is 11.4 Å². The summed E-state index contributed by atoms with van der Waals surface area (Å²) in [5.41, 5.74) is 1.32. The van der Waals surface area contributed by atoms with Gasteiger partial charge in [-0.05, 0) is 29.8 Å². The van der Waals surface area contributed by atoms with E-state index in [4.69, 9.17) is 11.6 Å².